The molecule has 2 aromatic rings. The monoisotopic (exact) mass is 234 g/mol. The summed E-state index contributed by atoms with van der Waals surface area (Å²) in [6.07, 6.45) is 2.29. The zero-order valence-corrected chi connectivity index (χ0v) is 9.75. The summed E-state index contributed by atoms with van der Waals surface area (Å²) in [6.45, 7) is 1.80. The molecule has 0 unspecified atom stereocenters. The average Bonchev–Trinajstić information content (AvgIpc) is 2.79. The molecule has 0 aliphatic rings. The Balaban J connectivity index is 2.08. The molecular formula is C11H14N4O2. The molecule has 17 heavy (non-hydrogen) atoms. The van der Waals surface area contributed by atoms with E-state index in [2.05, 4.69) is 15.1 Å². The lowest BCUT2D eigenvalue weighted by Crippen LogP contribution is -2.05. The van der Waals surface area contributed by atoms with Crippen LogP contribution in [0.2, 0.25) is 0 Å². The first-order chi connectivity index (χ1) is 8.19. The van der Waals surface area contributed by atoms with Gasteiger partial charge in [0.25, 0.3) is 0 Å². The van der Waals surface area contributed by atoms with E-state index in [9.17, 15) is 0 Å². The molecule has 0 fully saturated rings. The van der Waals surface area contributed by atoms with E-state index in [0.717, 1.165) is 5.56 Å². The van der Waals surface area contributed by atoms with Crippen LogP contribution in [0.25, 0.3) is 0 Å². The van der Waals surface area contributed by atoms with Crippen molar-refractivity contribution >= 4 is 0 Å². The Morgan fingerprint density at radius 2 is 2.29 bits per heavy atom. The highest BCUT2D eigenvalue weighted by molar-refractivity contribution is 5.20. The van der Waals surface area contributed by atoms with Crippen LogP contribution >= 0.6 is 0 Å². The maximum absolute atomic E-state index is 5.63. The molecule has 0 saturated carbocycles. The van der Waals surface area contributed by atoms with Crippen LogP contribution in [-0.4, -0.2) is 22.2 Å². The molecule has 2 rings (SSSR count). The van der Waals surface area contributed by atoms with E-state index >= 15 is 0 Å². The summed E-state index contributed by atoms with van der Waals surface area (Å²) in [5, 5.41) is 3.85. The fraction of sp³-hybridized carbons (Fsp3) is 0.364. The number of methoxy groups -OCH3 is 1. The van der Waals surface area contributed by atoms with E-state index in [1.165, 1.54) is 0 Å². The number of rotatable bonds is 4. The van der Waals surface area contributed by atoms with Crippen LogP contribution in [0, 0.1) is 0 Å². The second-order valence-electron chi connectivity index (χ2n) is 3.72. The Kier molecular flexibility index (Phi) is 3.34. The number of ether oxygens (including phenoxy) is 1. The highest BCUT2D eigenvalue weighted by Gasteiger charge is 2.10. The van der Waals surface area contributed by atoms with Crippen LogP contribution < -0.4 is 10.5 Å². The average molecular weight is 234 g/mol. The quantitative estimate of drug-likeness (QED) is 0.851. The van der Waals surface area contributed by atoms with Gasteiger partial charge in [-0.15, -0.1) is 0 Å². The maximum atomic E-state index is 5.63. The van der Waals surface area contributed by atoms with E-state index in [1.807, 2.05) is 6.07 Å². The largest absolute Gasteiger partial charge is 0.481 e. The van der Waals surface area contributed by atoms with Gasteiger partial charge in [0.2, 0.25) is 11.8 Å². The molecule has 0 saturated heterocycles. The van der Waals surface area contributed by atoms with E-state index < -0.39 is 0 Å². The van der Waals surface area contributed by atoms with Gasteiger partial charge in [-0.2, -0.15) is 4.98 Å². The highest BCUT2D eigenvalue weighted by atomic mass is 16.5. The predicted molar refractivity (Wildman–Crippen MR) is 60.5 cm³/mol. The van der Waals surface area contributed by atoms with Crippen LogP contribution in [0.4, 0.5) is 0 Å². The topological polar surface area (TPSA) is 87.1 Å². The Morgan fingerprint density at radius 3 is 2.82 bits per heavy atom. The van der Waals surface area contributed by atoms with E-state index in [-0.39, 0.29) is 6.04 Å². The molecule has 2 N–H and O–H groups in total. The summed E-state index contributed by atoms with van der Waals surface area (Å²) in [4.78, 5) is 8.29. The molecule has 6 nitrogen and oxygen atoms in total. The summed E-state index contributed by atoms with van der Waals surface area (Å²) >= 11 is 0. The Labute approximate surface area is 98.8 Å². The van der Waals surface area contributed by atoms with Gasteiger partial charge in [-0.05, 0) is 12.5 Å². The van der Waals surface area contributed by atoms with Gasteiger partial charge in [-0.25, -0.2) is 4.98 Å². The van der Waals surface area contributed by atoms with Gasteiger partial charge < -0.3 is 15.0 Å². The molecule has 6 heteroatoms. The molecule has 0 aliphatic heterocycles. The first-order valence-corrected chi connectivity index (χ1v) is 5.26. The van der Waals surface area contributed by atoms with Crippen LogP contribution in [0.15, 0.2) is 22.9 Å². The van der Waals surface area contributed by atoms with Crippen molar-refractivity contribution in [3.05, 3.63) is 35.6 Å². The van der Waals surface area contributed by atoms with Crippen molar-refractivity contribution in [2.24, 2.45) is 5.73 Å². The van der Waals surface area contributed by atoms with Gasteiger partial charge in [0, 0.05) is 18.7 Å². The fourth-order valence-electron chi connectivity index (χ4n) is 1.34. The molecular weight excluding hydrogens is 220 g/mol. The van der Waals surface area contributed by atoms with Gasteiger partial charge in [0.15, 0.2) is 5.82 Å². The lowest BCUT2D eigenvalue weighted by Gasteiger charge is -1.99. The molecule has 0 bridgehead atoms. The number of aromatic nitrogens is 3. The van der Waals surface area contributed by atoms with E-state index in [1.54, 1.807) is 26.3 Å². The zero-order chi connectivity index (χ0) is 12.3. The molecule has 90 valence electrons. The minimum absolute atomic E-state index is 0.245. The molecule has 0 radical (unpaired) electrons. The lowest BCUT2D eigenvalue weighted by molar-refractivity contribution is 0.357. The SMILES string of the molecule is COc1ccc(Cc2noc([C@@H](C)N)n2)cn1. The lowest BCUT2D eigenvalue weighted by atomic mass is 10.2. The number of pyridine rings is 1. The van der Waals surface area contributed by atoms with Gasteiger partial charge in [0.05, 0.1) is 13.2 Å². The van der Waals surface area contributed by atoms with Crippen LogP contribution in [0.1, 0.15) is 30.2 Å². The molecule has 2 heterocycles. The third-order valence-corrected chi connectivity index (χ3v) is 2.24. The van der Waals surface area contributed by atoms with E-state index in [0.29, 0.717) is 24.0 Å². The standard InChI is InChI=1S/C11H14N4O2/c1-7(12)11-14-9(15-17-11)5-8-3-4-10(16-2)13-6-8/h3-4,6-7H,5,12H2,1-2H3/t7-/m1/s1. The van der Waals surface area contributed by atoms with Gasteiger partial charge >= 0.3 is 0 Å². The smallest absolute Gasteiger partial charge is 0.243 e. The minimum Gasteiger partial charge on any atom is -0.481 e. The predicted octanol–water partition coefficient (Wildman–Crippen LogP) is 1.08. The molecule has 0 spiro atoms. The van der Waals surface area contributed by atoms with Crippen molar-refractivity contribution in [1.82, 2.24) is 15.1 Å². The third-order valence-electron chi connectivity index (χ3n) is 2.24. The van der Waals surface area contributed by atoms with Crippen LogP contribution in [0.5, 0.6) is 5.88 Å². The molecule has 1 atom stereocenters. The van der Waals surface area contributed by atoms with Gasteiger partial charge in [0.1, 0.15) is 0 Å². The van der Waals surface area contributed by atoms with Crippen LogP contribution in [0.3, 0.4) is 0 Å². The van der Waals surface area contributed by atoms with Crippen LogP contribution in [-0.2, 0) is 6.42 Å². The Morgan fingerprint density at radius 1 is 1.47 bits per heavy atom. The zero-order valence-electron chi connectivity index (χ0n) is 9.75. The molecule has 2 aromatic heterocycles. The first kappa shape index (κ1) is 11.5. The van der Waals surface area contributed by atoms with Crippen molar-refractivity contribution in [2.75, 3.05) is 7.11 Å². The fourth-order valence-corrected chi connectivity index (χ4v) is 1.34. The van der Waals surface area contributed by atoms with Crippen molar-refractivity contribution in [2.45, 2.75) is 19.4 Å². The van der Waals surface area contributed by atoms with Crippen molar-refractivity contribution in [1.29, 1.82) is 0 Å². The van der Waals surface area contributed by atoms with Gasteiger partial charge in [-0.3, -0.25) is 0 Å². The number of hydrogen-bond donors (Lipinski definition) is 1. The second kappa shape index (κ2) is 4.92. The maximum Gasteiger partial charge on any atom is 0.243 e. The molecule has 0 aliphatic carbocycles. The summed E-state index contributed by atoms with van der Waals surface area (Å²) in [7, 11) is 1.58. The summed E-state index contributed by atoms with van der Waals surface area (Å²) in [5.74, 6) is 1.63. The summed E-state index contributed by atoms with van der Waals surface area (Å²) < 4.78 is 9.99. The van der Waals surface area contributed by atoms with Crippen molar-refractivity contribution in [3.63, 3.8) is 0 Å². The number of nitrogens with two attached hydrogens (primary N) is 1. The number of hydrogen-bond acceptors (Lipinski definition) is 6. The third kappa shape index (κ3) is 2.79. The highest BCUT2D eigenvalue weighted by Crippen LogP contribution is 2.12. The second-order valence-corrected chi connectivity index (χ2v) is 3.72. The Hall–Kier alpha value is -1.95. The van der Waals surface area contributed by atoms with Crippen molar-refractivity contribution < 1.29 is 9.26 Å². The summed E-state index contributed by atoms with van der Waals surface area (Å²) in [5.41, 5.74) is 6.62. The summed E-state index contributed by atoms with van der Waals surface area (Å²) in [6, 6.07) is 3.46. The molecule has 0 aromatic carbocycles. The first-order valence-electron chi connectivity index (χ1n) is 5.26. The van der Waals surface area contributed by atoms with Crippen molar-refractivity contribution in [3.8, 4) is 5.88 Å². The normalized spacial score (nSPS) is 12.4. The minimum atomic E-state index is -0.245. The number of nitrogens with zero attached hydrogens (tertiary/aromatic N) is 3. The van der Waals surface area contributed by atoms with Gasteiger partial charge in [-0.1, -0.05) is 11.2 Å². The molecule has 0 amide bonds. The Bertz CT molecular complexity index is 478. The van der Waals surface area contributed by atoms with E-state index in [4.69, 9.17) is 15.0 Å².